The van der Waals surface area contributed by atoms with Gasteiger partial charge in [-0.05, 0) is 30.4 Å². The zero-order valence-corrected chi connectivity index (χ0v) is 9.04. The van der Waals surface area contributed by atoms with Crippen molar-refractivity contribution >= 4 is 17.6 Å². The molecule has 5 heteroatoms. The minimum Gasteiger partial charge on any atom is -0.396 e. The molecule has 0 atom stereocenters. The van der Waals surface area contributed by atoms with E-state index in [0.717, 1.165) is 30.9 Å². The van der Waals surface area contributed by atoms with Gasteiger partial charge in [-0.1, -0.05) is 0 Å². The van der Waals surface area contributed by atoms with Gasteiger partial charge in [-0.2, -0.15) is 16.9 Å². The Hall–Kier alpha value is -0.680. The van der Waals surface area contributed by atoms with Crippen LogP contribution in [-0.2, 0) is 6.54 Å². The first-order valence-corrected chi connectivity index (χ1v) is 5.96. The number of aliphatic hydroxyl groups is 1. The van der Waals surface area contributed by atoms with Crippen molar-refractivity contribution in [3.8, 4) is 0 Å². The fraction of sp³-hybridized carbons (Fsp3) is 0.667. The number of hydrogen-bond donors (Lipinski definition) is 2. The highest BCUT2D eigenvalue weighted by atomic mass is 32.2. The van der Waals surface area contributed by atoms with E-state index >= 15 is 0 Å². The molecule has 0 bridgehead atoms. The second-order valence-corrected chi connectivity index (χ2v) is 4.27. The van der Waals surface area contributed by atoms with Crippen LogP contribution >= 0.6 is 11.8 Å². The van der Waals surface area contributed by atoms with Gasteiger partial charge in [0.1, 0.15) is 5.82 Å². The summed E-state index contributed by atoms with van der Waals surface area (Å²) >= 11 is 1.87. The van der Waals surface area contributed by atoms with E-state index in [9.17, 15) is 0 Å². The number of aromatic nitrogens is 2. The van der Waals surface area contributed by atoms with E-state index in [1.165, 1.54) is 0 Å². The van der Waals surface area contributed by atoms with Crippen molar-refractivity contribution in [2.45, 2.75) is 19.4 Å². The van der Waals surface area contributed by atoms with Crippen molar-refractivity contribution in [1.29, 1.82) is 0 Å². The molecule has 0 fully saturated rings. The Balaban J connectivity index is 1.99. The quantitative estimate of drug-likeness (QED) is 0.665. The number of thioether (sulfide) groups is 1. The minimum absolute atomic E-state index is 0.294. The highest BCUT2D eigenvalue weighted by Gasteiger charge is 1.94. The summed E-state index contributed by atoms with van der Waals surface area (Å²) in [6.45, 7) is 1.21. The maximum atomic E-state index is 8.56. The summed E-state index contributed by atoms with van der Waals surface area (Å²) in [5.41, 5.74) is 5.48. The molecule has 0 amide bonds. The van der Waals surface area contributed by atoms with Crippen molar-refractivity contribution in [1.82, 2.24) is 9.78 Å². The number of anilines is 1. The van der Waals surface area contributed by atoms with Crippen LogP contribution in [0.5, 0.6) is 0 Å². The summed E-state index contributed by atoms with van der Waals surface area (Å²) in [7, 11) is 0. The van der Waals surface area contributed by atoms with Crippen LogP contribution in [-0.4, -0.2) is 33.0 Å². The third-order valence-electron chi connectivity index (χ3n) is 1.78. The highest BCUT2D eigenvalue weighted by Crippen LogP contribution is 2.05. The predicted molar refractivity (Wildman–Crippen MR) is 60.3 cm³/mol. The van der Waals surface area contributed by atoms with Gasteiger partial charge in [0.25, 0.3) is 0 Å². The average molecular weight is 215 g/mol. The molecule has 0 spiro atoms. The lowest BCUT2D eigenvalue weighted by atomic mass is 10.5. The van der Waals surface area contributed by atoms with E-state index in [1.807, 2.05) is 22.6 Å². The van der Waals surface area contributed by atoms with Gasteiger partial charge in [0.05, 0.1) is 0 Å². The summed E-state index contributed by atoms with van der Waals surface area (Å²) < 4.78 is 1.86. The van der Waals surface area contributed by atoms with Gasteiger partial charge < -0.3 is 10.8 Å². The summed E-state index contributed by atoms with van der Waals surface area (Å²) in [5, 5.41) is 12.7. The lowest BCUT2D eigenvalue weighted by Crippen LogP contribution is -2.01. The van der Waals surface area contributed by atoms with Crippen molar-refractivity contribution < 1.29 is 5.11 Å². The Labute approximate surface area is 88.5 Å². The van der Waals surface area contributed by atoms with Crippen molar-refractivity contribution in [2.24, 2.45) is 0 Å². The SMILES string of the molecule is Nc1ccn(CCCSCCCO)n1. The summed E-state index contributed by atoms with van der Waals surface area (Å²) in [6, 6.07) is 1.80. The first-order valence-electron chi connectivity index (χ1n) is 4.80. The molecule has 4 nitrogen and oxygen atoms in total. The molecular formula is C9H17N3OS. The molecule has 0 aliphatic rings. The minimum atomic E-state index is 0.294. The number of hydrogen-bond acceptors (Lipinski definition) is 4. The summed E-state index contributed by atoms with van der Waals surface area (Å²) in [4.78, 5) is 0. The first-order chi connectivity index (χ1) is 6.83. The third-order valence-corrected chi connectivity index (χ3v) is 2.94. The van der Waals surface area contributed by atoms with Crippen LogP contribution in [0.15, 0.2) is 12.3 Å². The molecule has 0 saturated heterocycles. The van der Waals surface area contributed by atoms with Gasteiger partial charge in [0, 0.05) is 19.3 Å². The van der Waals surface area contributed by atoms with Crippen LogP contribution in [0.25, 0.3) is 0 Å². The molecule has 1 heterocycles. The monoisotopic (exact) mass is 215 g/mol. The fourth-order valence-corrected chi connectivity index (χ4v) is 1.97. The average Bonchev–Trinajstić information content (AvgIpc) is 2.58. The standard InChI is InChI=1S/C9H17N3OS/c10-9-3-5-12(11-9)4-1-7-14-8-2-6-13/h3,5,13H,1-2,4,6-8H2,(H2,10,11). The van der Waals surface area contributed by atoms with Crippen LogP contribution in [0.4, 0.5) is 5.82 Å². The maximum absolute atomic E-state index is 8.56. The Morgan fingerprint density at radius 2 is 2.21 bits per heavy atom. The maximum Gasteiger partial charge on any atom is 0.145 e. The Bertz CT molecular complexity index is 252. The number of nitrogens with zero attached hydrogens (tertiary/aromatic N) is 2. The molecule has 0 aromatic carbocycles. The smallest absolute Gasteiger partial charge is 0.145 e. The van der Waals surface area contributed by atoms with Gasteiger partial charge >= 0.3 is 0 Å². The summed E-state index contributed by atoms with van der Waals surface area (Å²) in [5.74, 6) is 2.73. The first kappa shape index (κ1) is 11.4. The number of nitrogens with two attached hydrogens (primary N) is 1. The Morgan fingerprint density at radius 3 is 2.86 bits per heavy atom. The lowest BCUT2D eigenvalue weighted by molar-refractivity contribution is 0.296. The molecule has 0 unspecified atom stereocenters. The van der Waals surface area contributed by atoms with E-state index in [-0.39, 0.29) is 0 Å². The van der Waals surface area contributed by atoms with Crippen LogP contribution in [0.3, 0.4) is 0 Å². The normalized spacial score (nSPS) is 10.6. The van der Waals surface area contributed by atoms with Crippen LogP contribution in [0.1, 0.15) is 12.8 Å². The number of aryl methyl sites for hydroxylation is 1. The molecule has 3 N–H and O–H groups in total. The molecule has 0 aliphatic heterocycles. The third kappa shape index (κ3) is 4.53. The number of rotatable bonds is 7. The van der Waals surface area contributed by atoms with Gasteiger partial charge in [0.15, 0.2) is 0 Å². The molecule has 0 saturated carbocycles. The molecule has 1 rings (SSSR count). The number of aliphatic hydroxyl groups excluding tert-OH is 1. The van der Waals surface area contributed by atoms with Crippen molar-refractivity contribution in [3.05, 3.63) is 12.3 Å². The van der Waals surface area contributed by atoms with Gasteiger partial charge in [0.2, 0.25) is 0 Å². The van der Waals surface area contributed by atoms with E-state index in [0.29, 0.717) is 12.4 Å². The Morgan fingerprint density at radius 1 is 1.43 bits per heavy atom. The zero-order valence-electron chi connectivity index (χ0n) is 8.22. The van der Waals surface area contributed by atoms with Gasteiger partial charge in [-0.25, -0.2) is 0 Å². The van der Waals surface area contributed by atoms with Gasteiger partial charge in [-0.3, -0.25) is 4.68 Å². The predicted octanol–water partition coefficient (Wildman–Crippen LogP) is 0.971. The molecule has 80 valence electrons. The Kier molecular flexibility index (Phi) is 5.47. The highest BCUT2D eigenvalue weighted by molar-refractivity contribution is 7.99. The molecule has 0 radical (unpaired) electrons. The largest absolute Gasteiger partial charge is 0.396 e. The van der Waals surface area contributed by atoms with Crippen LogP contribution < -0.4 is 5.73 Å². The van der Waals surface area contributed by atoms with Crippen molar-refractivity contribution in [3.63, 3.8) is 0 Å². The second kappa shape index (κ2) is 6.73. The van der Waals surface area contributed by atoms with Crippen molar-refractivity contribution in [2.75, 3.05) is 23.8 Å². The van der Waals surface area contributed by atoms with E-state index in [1.54, 1.807) is 6.07 Å². The number of nitrogen functional groups attached to an aromatic ring is 1. The topological polar surface area (TPSA) is 64.1 Å². The fourth-order valence-electron chi connectivity index (χ4n) is 1.10. The molecular weight excluding hydrogens is 198 g/mol. The molecule has 0 aliphatic carbocycles. The van der Waals surface area contributed by atoms with Gasteiger partial charge in [-0.15, -0.1) is 0 Å². The lowest BCUT2D eigenvalue weighted by Gasteiger charge is -2.01. The molecule has 1 aromatic heterocycles. The van der Waals surface area contributed by atoms with E-state index in [4.69, 9.17) is 10.8 Å². The van der Waals surface area contributed by atoms with E-state index in [2.05, 4.69) is 5.10 Å². The zero-order chi connectivity index (χ0) is 10.2. The van der Waals surface area contributed by atoms with Crippen LogP contribution in [0.2, 0.25) is 0 Å². The van der Waals surface area contributed by atoms with E-state index < -0.39 is 0 Å². The molecule has 14 heavy (non-hydrogen) atoms. The summed E-state index contributed by atoms with van der Waals surface area (Å²) in [6.07, 6.45) is 3.88. The second-order valence-electron chi connectivity index (χ2n) is 3.05. The van der Waals surface area contributed by atoms with Crippen LogP contribution in [0, 0.1) is 0 Å². The molecule has 1 aromatic rings.